The van der Waals surface area contributed by atoms with Gasteiger partial charge in [0.1, 0.15) is 0 Å². The third kappa shape index (κ3) is 1.83. The number of carbonyl (C=O) groups is 1. The van der Waals surface area contributed by atoms with E-state index in [1.54, 1.807) is 6.20 Å². The average Bonchev–Trinajstić information content (AvgIpc) is 2.69. The molecule has 2 aromatic rings. The molecule has 4 N–H and O–H groups in total. The van der Waals surface area contributed by atoms with Crippen molar-refractivity contribution in [1.29, 1.82) is 0 Å². The lowest BCUT2D eigenvalue weighted by molar-refractivity contribution is 0.0898. The number of aromatic amines is 1. The third-order valence-corrected chi connectivity index (χ3v) is 3.66. The molecule has 1 amide bonds. The molecule has 0 atom stereocenters. The van der Waals surface area contributed by atoms with E-state index >= 15 is 0 Å². The number of nitrogens with one attached hydrogen (secondary N) is 2. The van der Waals surface area contributed by atoms with E-state index in [0.29, 0.717) is 17.3 Å². The van der Waals surface area contributed by atoms with Crippen molar-refractivity contribution in [2.45, 2.75) is 25.8 Å². The Hall–Kier alpha value is -1.97. The summed E-state index contributed by atoms with van der Waals surface area (Å²) in [4.78, 5) is 15.2. The molecule has 3 rings (SSSR count). The smallest absolute Gasteiger partial charge is 0.253 e. The van der Waals surface area contributed by atoms with Gasteiger partial charge in [-0.3, -0.25) is 4.79 Å². The van der Waals surface area contributed by atoms with Crippen molar-refractivity contribution < 1.29 is 4.79 Å². The van der Waals surface area contributed by atoms with Crippen LogP contribution in [0.25, 0.3) is 10.9 Å². The number of benzene rings is 1. The maximum Gasteiger partial charge on any atom is 0.253 e. The summed E-state index contributed by atoms with van der Waals surface area (Å²) in [5.41, 5.74) is 8.02. The fourth-order valence-corrected chi connectivity index (χ4v) is 2.62. The zero-order valence-corrected chi connectivity index (χ0v) is 10.4. The molecular formula is C14H17N3O. The van der Waals surface area contributed by atoms with Crippen LogP contribution in [0, 0.1) is 5.92 Å². The van der Waals surface area contributed by atoms with Gasteiger partial charge in [-0.2, -0.15) is 0 Å². The number of anilines is 1. The van der Waals surface area contributed by atoms with Crippen molar-refractivity contribution in [3.05, 3.63) is 30.0 Å². The quantitative estimate of drug-likeness (QED) is 0.708. The summed E-state index contributed by atoms with van der Waals surface area (Å²) < 4.78 is 0. The zero-order chi connectivity index (χ0) is 12.7. The van der Waals surface area contributed by atoms with Crippen LogP contribution in [0.15, 0.2) is 24.4 Å². The number of H-pyrrole nitrogens is 1. The minimum Gasteiger partial charge on any atom is -0.399 e. The van der Waals surface area contributed by atoms with Gasteiger partial charge in [-0.1, -0.05) is 6.92 Å². The largest absolute Gasteiger partial charge is 0.399 e. The lowest BCUT2D eigenvalue weighted by atomic mass is 9.82. The van der Waals surface area contributed by atoms with Crippen LogP contribution in [0.4, 0.5) is 5.69 Å². The standard InChI is InChI=1S/C14H17N3O/c1-8-4-10(5-8)17-14(18)12-7-16-13-6-9(15)2-3-11(12)13/h2-3,6-8,10,16H,4-5,15H2,1H3,(H,17,18). The van der Waals surface area contributed by atoms with Crippen LogP contribution in [0.3, 0.4) is 0 Å². The Labute approximate surface area is 106 Å². The second-order valence-corrected chi connectivity index (χ2v) is 5.25. The van der Waals surface area contributed by atoms with Crippen molar-refractivity contribution >= 4 is 22.5 Å². The van der Waals surface area contributed by atoms with Crippen LogP contribution in [-0.2, 0) is 0 Å². The summed E-state index contributed by atoms with van der Waals surface area (Å²) in [5.74, 6) is 0.737. The summed E-state index contributed by atoms with van der Waals surface area (Å²) >= 11 is 0. The van der Waals surface area contributed by atoms with Crippen LogP contribution in [0.1, 0.15) is 30.1 Å². The minimum absolute atomic E-state index is 0.00271. The van der Waals surface area contributed by atoms with Crippen molar-refractivity contribution in [1.82, 2.24) is 10.3 Å². The second-order valence-electron chi connectivity index (χ2n) is 5.25. The van der Waals surface area contributed by atoms with E-state index in [9.17, 15) is 4.79 Å². The maximum absolute atomic E-state index is 12.2. The van der Waals surface area contributed by atoms with Gasteiger partial charge in [-0.25, -0.2) is 0 Å². The number of amides is 1. The van der Waals surface area contributed by atoms with Crippen LogP contribution in [-0.4, -0.2) is 16.9 Å². The van der Waals surface area contributed by atoms with Gasteiger partial charge >= 0.3 is 0 Å². The zero-order valence-electron chi connectivity index (χ0n) is 10.4. The van der Waals surface area contributed by atoms with Gasteiger partial charge in [0.15, 0.2) is 0 Å². The molecule has 0 spiro atoms. The molecule has 0 aliphatic heterocycles. The van der Waals surface area contributed by atoms with Crippen LogP contribution < -0.4 is 11.1 Å². The van der Waals surface area contributed by atoms with Crippen LogP contribution in [0.2, 0.25) is 0 Å². The van der Waals surface area contributed by atoms with Crippen molar-refractivity contribution in [3.63, 3.8) is 0 Å². The monoisotopic (exact) mass is 243 g/mol. The van der Waals surface area contributed by atoms with Gasteiger partial charge in [0.25, 0.3) is 5.91 Å². The molecule has 4 nitrogen and oxygen atoms in total. The van der Waals surface area contributed by atoms with Crippen LogP contribution in [0.5, 0.6) is 0 Å². The Morgan fingerprint density at radius 2 is 2.22 bits per heavy atom. The highest BCUT2D eigenvalue weighted by molar-refractivity contribution is 6.07. The number of carbonyl (C=O) groups excluding carboxylic acids is 1. The summed E-state index contributed by atoms with van der Waals surface area (Å²) in [6, 6.07) is 5.89. The maximum atomic E-state index is 12.2. The molecule has 94 valence electrons. The van der Waals surface area contributed by atoms with E-state index < -0.39 is 0 Å². The molecule has 18 heavy (non-hydrogen) atoms. The molecule has 0 unspecified atom stereocenters. The Kier molecular flexibility index (Phi) is 2.51. The molecule has 1 saturated carbocycles. The molecule has 1 aromatic heterocycles. The summed E-state index contributed by atoms with van der Waals surface area (Å²) in [6.07, 6.45) is 3.92. The Balaban J connectivity index is 1.83. The number of rotatable bonds is 2. The first-order chi connectivity index (χ1) is 8.63. The number of hydrogen-bond donors (Lipinski definition) is 3. The van der Waals surface area contributed by atoms with E-state index in [1.807, 2.05) is 18.2 Å². The highest BCUT2D eigenvalue weighted by Crippen LogP contribution is 2.27. The van der Waals surface area contributed by atoms with Crippen molar-refractivity contribution in [2.24, 2.45) is 5.92 Å². The predicted molar refractivity (Wildman–Crippen MR) is 72.4 cm³/mol. The number of nitrogen functional groups attached to an aromatic ring is 1. The van der Waals surface area contributed by atoms with Gasteiger partial charge in [-0.15, -0.1) is 0 Å². The Bertz CT molecular complexity index is 596. The highest BCUT2D eigenvalue weighted by Gasteiger charge is 2.27. The normalized spacial score (nSPS) is 22.7. The van der Waals surface area contributed by atoms with Gasteiger partial charge in [0.05, 0.1) is 5.56 Å². The number of hydrogen-bond acceptors (Lipinski definition) is 2. The van der Waals surface area contributed by atoms with Crippen molar-refractivity contribution in [2.75, 3.05) is 5.73 Å². The first kappa shape index (κ1) is 11.1. The van der Waals surface area contributed by atoms with E-state index in [4.69, 9.17) is 5.73 Å². The lowest BCUT2D eigenvalue weighted by Gasteiger charge is -2.33. The molecule has 1 heterocycles. The molecular weight excluding hydrogens is 226 g/mol. The summed E-state index contributed by atoms with van der Waals surface area (Å²) in [5, 5.41) is 3.99. The molecule has 1 fully saturated rings. The predicted octanol–water partition coefficient (Wildman–Crippen LogP) is 2.28. The average molecular weight is 243 g/mol. The first-order valence-corrected chi connectivity index (χ1v) is 6.31. The molecule has 1 aromatic carbocycles. The first-order valence-electron chi connectivity index (χ1n) is 6.31. The number of fused-ring (bicyclic) bond motifs is 1. The van der Waals surface area contributed by atoms with Gasteiger partial charge in [0, 0.05) is 28.8 Å². The third-order valence-electron chi connectivity index (χ3n) is 3.66. The lowest BCUT2D eigenvalue weighted by Crippen LogP contribution is -2.43. The molecule has 0 saturated heterocycles. The fourth-order valence-electron chi connectivity index (χ4n) is 2.62. The van der Waals surface area contributed by atoms with Gasteiger partial charge in [0.2, 0.25) is 0 Å². The van der Waals surface area contributed by atoms with Crippen molar-refractivity contribution in [3.8, 4) is 0 Å². The van der Waals surface area contributed by atoms with Crippen LogP contribution >= 0.6 is 0 Å². The molecule has 0 bridgehead atoms. The minimum atomic E-state index is 0.00271. The molecule has 1 aliphatic rings. The molecule has 0 radical (unpaired) electrons. The second kappa shape index (κ2) is 4.05. The SMILES string of the molecule is CC1CC(NC(=O)c2c[nH]c3cc(N)ccc23)C1. The molecule has 4 heteroatoms. The number of nitrogens with two attached hydrogens (primary N) is 1. The highest BCUT2D eigenvalue weighted by atomic mass is 16.1. The Morgan fingerprint density at radius 1 is 1.44 bits per heavy atom. The number of aromatic nitrogens is 1. The summed E-state index contributed by atoms with van der Waals surface area (Å²) in [6.45, 7) is 2.21. The van der Waals surface area contributed by atoms with Gasteiger partial charge in [-0.05, 0) is 37.0 Å². The van der Waals surface area contributed by atoms with Gasteiger partial charge < -0.3 is 16.0 Å². The topological polar surface area (TPSA) is 70.9 Å². The summed E-state index contributed by atoms with van der Waals surface area (Å²) in [7, 11) is 0. The van der Waals surface area contributed by atoms with E-state index in [-0.39, 0.29) is 5.91 Å². The van der Waals surface area contributed by atoms with E-state index in [1.165, 1.54) is 0 Å². The Morgan fingerprint density at radius 3 is 2.94 bits per heavy atom. The van der Waals surface area contributed by atoms with E-state index in [0.717, 1.165) is 29.7 Å². The molecule has 1 aliphatic carbocycles. The fraction of sp³-hybridized carbons (Fsp3) is 0.357. The van der Waals surface area contributed by atoms with E-state index in [2.05, 4.69) is 17.2 Å².